The van der Waals surface area contributed by atoms with Crippen molar-refractivity contribution in [2.75, 3.05) is 10.8 Å². The summed E-state index contributed by atoms with van der Waals surface area (Å²) >= 11 is 5.16. The molecule has 7 heteroatoms. The van der Waals surface area contributed by atoms with Crippen LogP contribution < -0.4 is 4.31 Å². The van der Waals surface area contributed by atoms with E-state index >= 15 is 0 Å². The van der Waals surface area contributed by atoms with Crippen LogP contribution >= 0.6 is 34.0 Å². The van der Waals surface area contributed by atoms with Gasteiger partial charge in [0.15, 0.2) is 0 Å². The van der Waals surface area contributed by atoms with Crippen LogP contribution in [0.25, 0.3) is 19.5 Å². The van der Waals surface area contributed by atoms with E-state index in [1.807, 2.05) is 13.0 Å². The minimum Gasteiger partial charge on any atom is -0.264 e. The van der Waals surface area contributed by atoms with Crippen molar-refractivity contribution in [3.63, 3.8) is 0 Å². The van der Waals surface area contributed by atoms with Gasteiger partial charge in [-0.3, -0.25) is 4.31 Å². The van der Waals surface area contributed by atoms with E-state index in [9.17, 15) is 8.42 Å². The number of thiophene rings is 3. The molecule has 0 amide bonds. The fraction of sp³-hybridized carbons (Fsp3) is 0.613. The maximum atomic E-state index is 14.0. The van der Waals surface area contributed by atoms with Gasteiger partial charge in [-0.25, -0.2) is 8.42 Å². The maximum absolute atomic E-state index is 14.0. The van der Waals surface area contributed by atoms with E-state index in [0.717, 1.165) is 33.2 Å². The summed E-state index contributed by atoms with van der Waals surface area (Å²) in [4.78, 5) is 7.33. The second-order valence-electron chi connectivity index (χ2n) is 10.6. The van der Waals surface area contributed by atoms with E-state index < -0.39 is 10.0 Å². The van der Waals surface area contributed by atoms with Crippen LogP contribution in [-0.2, 0) is 10.0 Å². The third-order valence-corrected chi connectivity index (χ3v) is 12.9. The van der Waals surface area contributed by atoms with Gasteiger partial charge in [0.1, 0.15) is 4.90 Å². The summed E-state index contributed by atoms with van der Waals surface area (Å²) in [5.74, 6) is 0.402. The molecular weight excluding hydrogens is 547 g/mol. The van der Waals surface area contributed by atoms with Crippen LogP contribution in [0.2, 0.25) is 0 Å². The summed E-state index contributed by atoms with van der Waals surface area (Å²) in [7, 11) is -3.56. The molecule has 212 valence electrons. The molecule has 3 aromatic heterocycles. The Balaban J connectivity index is 0.00000400. The number of anilines is 1. The minimum absolute atomic E-state index is 0. The molecule has 0 bridgehead atoms. The molecule has 0 saturated carbocycles. The fourth-order valence-corrected chi connectivity index (χ4v) is 10.9. The lowest BCUT2D eigenvalue weighted by molar-refractivity contribution is 0.411. The van der Waals surface area contributed by atoms with Crippen LogP contribution in [0.4, 0.5) is 5.69 Å². The largest absolute Gasteiger partial charge is 0.265 e. The molecule has 0 N–H and O–H groups in total. The van der Waals surface area contributed by atoms with Crippen LogP contribution in [0.3, 0.4) is 0 Å². The summed E-state index contributed by atoms with van der Waals surface area (Å²) in [6.45, 7) is 9.26. The molecule has 1 aliphatic rings. The number of aryl methyl sites for hydroxylation is 2. The monoisotopic (exact) mass is 593 g/mol. The van der Waals surface area contributed by atoms with Crippen molar-refractivity contribution in [3.8, 4) is 19.5 Å². The predicted molar refractivity (Wildman–Crippen MR) is 172 cm³/mol. The van der Waals surface area contributed by atoms with Gasteiger partial charge in [0.2, 0.25) is 0 Å². The van der Waals surface area contributed by atoms with Gasteiger partial charge in [0.05, 0.1) is 15.4 Å². The van der Waals surface area contributed by atoms with Gasteiger partial charge < -0.3 is 0 Å². The molecule has 0 spiro atoms. The van der Waals surface area contributed by atoms with Gasteiger partial charge in [0, 0.05) is 26.1 Å². The highest BCUT2D eigenvalue weighted by atomic mass is 32.2. The Morgan fingerprint density at radius 1 is 0.737 bits per heavy atom. The lowest BCUT2D eigenvalue weighted by atomic mass is 9.94. The maximum Gasteiger partial charge on any atom is 0.265 e. The molecule has 4 heterocycles. The van der Waals surface area contributed by atoms with Crippen molar-refractivity contribution in [2.24, 2.45) is 5.92 Å². The zero-order valence-corrected chi connectivity index (χ0v) is 26.2. The highest BCUT2D eigenvalue weighted by Gasteiger charge is 2.39. The molecular formula is C31H47NO2S4. The number of unbranched alkanes of at least 4 members (excludes halogenated alkanes) is 8. The van der Waals surface area contributed by atoms with Gasteiger partial charge in [0.25, 0.3) is 10.0 Å². The molecule has 1 unspecified atom stereocenters. The highest BCUT2D eigenvalue weighted by molar-refractivity contribution is 7.93. The Kier molecular flexibility index (Phi) is 12.0. The first kappa shape index (κ1) is 31.4. The number of sulfonamides is 1. The van der Waals surface area contributed by atoms with E-state index in [0.29, 0.717) is 17.4 Å². The SMILES string of the molecule is C.CCCCCCCCC(CCCCCC)CN1c2cc(-c3ccc(C)s3)sc2-c2sc(C)cc2S1(=O)=O. The first-order valence-corrected chi connectivity index (χ1v) is 18.1. The third-order valence-electron chi connectivity index (χ3n) is 7.42. The average molecular weight is 594 g/mol. The van der Waals surface area contributed by atoms with Crippen molar-refractivity contribution in [1.29, 1.82) is 0 Å². The van der Waals surface area contributed by atoms with Gasteiger partial charge in [-0.05, 0) is 56.9 Å². The first-order valence-electron chi connectivity index (χ1n) is 14.2. The Labute approximate surface area is 244 Å². The van der Waals surface area contributed by atoms with Gasteiger partial charge in [-0.1, -0.05) is 85.5 Å². The van der Waals surface area contributed by atoms with Crippen LogP contribution in [0.1, 0.15) is 108 Å². The third kappa shape index (κ3) is 7.32. The smallest absolute Gasteiger partial charge is 0.264 e. The summed E-state index contributed by atoms with van der Waals surface area (Å²) in [6.07, 6.45) is 14.9. The zero-order valence-electron chi connectivity index (χ0n) is 23.0. The van der Waals surface area contributed by atoms with Crippen molar-refractivity contribution in [1.82, 2.24) is 0 Å². The lowest BCUT2D eigenvalue weighted by Gasteiger charge is -2.32. The quantitative estimate of drug-likeness (QED) is 0.164. The molecule has 0 aromatic carbocycles. The van der Waals surface area contributed by atoms with Crippen molar-refractivity contribution < 1.29 is 8.42 Å². The normalized spacial score (nSPS) is 14.7. The molecule has 3 aromatic rings. The van der Waals surface area contributed by atoms with Gasteiger partial charge in [-0.2, -0.15) is 0 Å². The molecule has 0 radical (unpaired) electrons. The molecule has 1 atom stereocenters. The summed E-state index contributed by atoms with van der Waals surface area (Å²) in [5, 5.41) is 0. The number of rotatable bonds is 15. The number of fused-ring (bicyclic) bond motifs is 3. The second kappa shape index (κ2) is 14.5. The Morgan fingerprint density at radius 3 is 2.00 bits per heavy atom. The first-order chi connectivity index (χ1) is 17.8. The average Bonchev–Trinajstić information content (AvgIpc) is 3.59. The van der Waals surface area contributed by atoms with Crippen molar-refractivity contribution in [2.45, 2.75) is 117 Å². The number of hydrogen-bond donors (Lipinski definition) is 0. The van der Waals surface area contributed by atoms with Crippen LogP contribution in [0.15, 0.2) is 29.2 Å². The topological polar surface area (TPSA) is 37.4 Å². The van der Waals surface area contributed by atoms with E-state index in [1.54, 1.807) is 38.3 Å². The van der Waals surface area contributed by atoms with Crippen LogP contribution in [-0.4, -0.2) is 15.0 Å². The summed E-state index contributed by atoms with van der Waals surface area (Å²) in [5.41, 5.74) is 0.905. The van der Waals surface area contributed by atoms with Crippen LogP contribution in [0, 0.1) is 19.8 Å². The number of hydrogen-bond acceptors (Lipinski definition) is 5. The zero-order chi connectivity index (χ0) is 26.4. The molecule has 1 aliphatic heterocycles. The lowest BCUT2D eigenvalue weighted by Crippen LogP contribution is -2.37. The predicted octanol–water partition coefficient (Wildman–Crippen LogP) is 11.3. The Morgan fingerprint density at radius 2 is 1.37 bits per heavy atom. The minimum atomic E-state index is -3.56. The molecule has 0 saturated heterocycles. The molecule has 0 fully saturated rings. The molecule has 3 nitrogen and oxygen atoms in total. The van der Waals surface area contributed by atoms with Gasteiger partial charge in [-0.15, -0.1) is 34.0 Å². The van der Waals surface area contributed by atoms with Crippen LogP contribution in [0.5, 0.6) is 0 Å². The van der Waals surface area contributed by atoms with Crippen molar-refractivity contribution in [3.05, 3.63) is 34.0 Å². The Bertz CT molecular complexity index is 1250. The van der Waals surface area contributed by atoms with E-state index in [2.05, 4.69) is 39.0 Å². The summed E-state index contributed by atoms with van der Waals surface area (Å²) in [6, 6.07) is 8.37. The van der Waals surface area contributed by atoms with E-state index in [4.69, 9.17) is 0 Å². The number of nitrogens with zero attached hydrogens (tertiary/aromatic N) is 1. The van der Waals surface area contributed by atoms with Crippen molar-refractivity contribution >= 4 is 49.7 Å². The second-order valence-corrected chi connectivity index (χ2v) is 16.0. The van der Waals surface area contributed by atoms with E-state index in [-0.39, 0.29) is 7.43 Å². The Hall–Kier alpha value is -1.15. The van der Waals surface area contributed by atoms with Gasteiger partial charge >= 0.3 is 0 Å². The molecule has 38 heavy (non-hydrogen) atoms. The van der Waals surface area contributed by atoms with E-state index in [1.165, 1.54) is 78.8 Å². The molecule has 0 aliphatic carbocycles. The highest BCUT2D eigenvalue weighted by Crippen LogP contribution is 2.53. The standard InChI is InChI=1S/C30H43NO2S4.CH4/c1-5-7-9-11-12-14-16-24(15-13-10-8-6-2)21-31-25-20-27(26-18-17-22(3)34-26)36-29(25)30-28(37(31,32)33)19-23(4)35-30;/h17-20,24H,5-16,21H2,1-4H3;1H4. The molecule has 4 rings (SSSR count). The summed E-state index contributed by atoms with van der Waals surface area (Å²) < 4.78 is 29.9. The fourth-order valence-electron chi connectivity index (χ4n) is 5.34.